The van der Waals surface area contributed by atoms with Crippen molar-refractivity contribution in [1.82, 2.24) is 14.9 Å². The normalized spacial score (nSPS) is 15.1. The molecule has 0 bridgehead atoms. The molecule has 7 heteroatoms. The molecule has 1 aliphatic rings. The van der Waals surface area contributed by atoms with Crippen LogP contribution in [0.15, 0.2) is 30.3 Å². The van der Waals surface area contributed by atoms with Crippen molar-refractivity contribution in [3.63, 3.8) is 0 Å². The molecule has 2 aromatic rings. The molecule has 1 aliphatic heterocycles. The molecule has 3 rings (SSSR count). The molecule has 0 radical (unpaired) electrons. The van der Waals surface area contributed by atoms with Crippen molar-refractivity contribution in [3.8, 4) is 17.5 Å². The Kier molecular flexibility index (Phi) is 4.40. The number of anilines is 1. The maximum absolute atomic E-state index is 11.4. The first-order valence-electron chi connectivity index (χ1n) is 7.63. The van der Waals surface area contributed by atoms with Gasteiger partial charge in [0.05, 0.1) is 11.6 Å². The Morgan fingerprint density at radius 3 is 2.42 bits per heavy atom. The van der Waals surface area contributed by atoms with Gasteiger partial charge in [-0.3, -0.25) is 0 Å². The van der Waals surface area contributed by atoms with Crippen molar-refractivity contribution < 1.29 is 9.90 Å². The van der Waals surface area contributed by atoms with E-state index >= 15 is 0 Å². The van der Waals surface area contributed by atoms with Crippen molar-refractivity contribution in [1.29, 1.82) is 5.26 Å². The predicted molar refractivity (Wildman–Crippen MR) is 88.9 cm³/mol. The second-order valence-electron chi connectivity index (χ2n) is 5.72. The summed E-state index contributed by atoms with van der Waals surface area (Å²) in [6.45, 7) is 3.38. The van der Waals surface area contributed by atoms with Crippen LogP contribution in [0.3, 0.4) is 0 Å². The van der Waals surface area contributed by atoms with Crippen molar-refractivity contribution in [2.45, 2.75) is 0 Å². The average molecular weight is 323 g/mol. The van der Waals surface area contributed by atoms with Crippen LogP contribution in [0, 0.1) is 11.3 Å². The molecule has 7 nitrogen and oxygen atoms in total. The van der Waals surface area contributed by atoms with Gasteiger partial charge in [0.2, 0.25) is 0 Å². The summed E-state index contributed by atoms with van der Waals surface area (Å²) in [5.74, 6) is -0.106. The Morgan fingerprint density at radius 2 is 1.83 bits per heavy atom. The molecule has 24 heavy (non-hydrogen) atoms. The first kappa shape index (κ1) is 15.9. The van der Waals surface area contributed by atoms with Crippen molar-refractivity contribution in [2.75, 3.05) is 38.1 Å². The van der Waals surface area contributed by atoms with Gasteiger partial charge in [0.15, 0.2) is 11.5 Å². The maximum atomic E-state index is 11.4. The summed E-state index contributed by atoms with van der Waals surface area (Å²) in [6.07, 6.45) is 0. The molecule has 1 aromatic heterocycles. The van der Waals surface area contributed by atoms with E-state index in [1.54, 1.807) is 24.3 Å². The Morgan fingerprint density at radius 1 is 1.17 bits per heavy atom. The number of aromatic nitrogens is 2. The van der Waals surface area contributed by atoms with Crippen LogP contribution in [-0.2, 0) is 0 Å². The van der Waals surface area contributed by atoms with E-state index in [0.717, 1.165) is 26.2 Å². The number of hydrogen-bond donors (Lipinski definition) is 1. The Labute approximate surface area is 139 Å². The van der Waals surface area contributed by atoms with Crippen LogP contribution in [0.25, 0.3) is 11.4 Å². The number of benzene rings is 1. The van der Waals surface area contributed by atoms with Gasteiger partial charge in [-0.2, -0.15) is 5.26 Å². The summed E-state index contributed by atoms with van der Waals surface area (Å²) in [4.78, 5) is 24.4. The van der Waals surface area contributed by atoms with Gasteiger partial charge in [0.1, 0.15) is 5.82 Å². The second kappa shape index (κ2) is 6.64. The second-order valence-corrected chi connectivity index (χ2v) is 5.72. The number of piperazine rings is 1. The number of rotatable bonds is 3. The number of nitriles is 1. The molecule has 122 valence electrons. The molecule has 0 atom stereocenters. The topological polar surface area (TPSA) is 93.4 Å². The highest BCUT2D eigenvalue weighted by molar-refractivity contribution is 5.87. The summed E-state index contributed by atoms with van der Waals surface area (Å²) in [6, 6.07) is 10.4. The third-order valence-corrected chi connectivity index (χ3v) is 4.03. The first-order valence-corrected chi connectivity index (χ1v) is 7.63. The fraction of sp³-hybridized carbons (Fsp3) is 0.294. The highest BCUT2D eigenvalue weighted by atomic mass is 16.4. The average Bonchev–Trinajstić information content (AvgIpc) is 2.62. The minimum absolute atomic E-state index is 0.0294. The van der Waals surface area contributed by atoms with Crippen LogP contribution in [-0.4, -0.2) is 59.2 Å². The lowest BCUT2D eigenvalue weighted by Crippen LogP contribution is -2.45. The standard InChI is InChI=1S/C17H17N5O2/c1-21-6-8-22(9-7-21)15-10-14(17(23)24)19-16(20-15)13-4-2-12(11-18)3-5-13/h2-5,10H,6-9H2,1H3,(H,23,24). The Hall–Kier alpha value is -2.98. The molecule has 1 saturated heterocycles. The predicted octanol–water partition coefficient (Wildman–Crippen LogP) is 1.47. The lowest BCUT2D eigenvalue weighted by molar-refractivity contribution is 0.0690. The third kappa shape index (κ3) is 3.34. The minimum atomic E-state index is -1.08. The largest absolute Gasteiger partial charge is 0.477 e. The van der Waals surface area contributed by atoms with Gasteiger partial charge in [-0.15, -0.1) is 0 Å². The summed E-state index contributed by atoms with van der Waals surface area (Å²) in [5.41, 5.74) is 1.19. The number of carbonyl (C=O) groups is 1. The van der Waals surface area contributed by atoms with Gasteiger partial charge in [-0.05, 0) is 31.3 Å². The quantitative estimate of drug-likeness (QED) is 0.914. The molecular formula is C17H17N5O2. The fourth-order valence-electron chi connectivity index (χ4n) is 2.56. The van der Waals surface area contributed by atoms with E-state index < -0.39 is 5.97 Å². The smallest absolute Gasteiger partial charge is 0.354 e. The van der Waals surface area contributed by atoms with E-state index in [1.807, 2.05) is 0 Å². The number of aromatic carboxylic acids is 1. The number of carboxylic acid groups (broad SMARTS) is 1. The Bertz CT molecular complexity index is 790. The Balaban J connectivity index is 1.99. The third-order valence-electron chi connectivity index (χ3n) is 4.03. The van der Waals surface area contributed by atoms with E-state index in [1.165, 1.54) is 6.07 Å². The molecular weight excluding hydrogens is 306 g/mol. The number of hydrogen-bond acceptors (Lipinski definition) is 6. The number of carboxylic acids is 1. The van der Waals surface area contributed by atoms with Crippen LogP contribution in [0.1, 0.15) is 16.1 Å². The molecule has 1 aromatic carbocycles. The van der Waals surface area contributed by atoms with Crippen molar-refractivity contribution >= 4 is 11.8 Å². The lowest BCUT2D eigenvalue weighted by Gasteiger charge is -2.33. The first-order chi connectivity index (χ1) is 11.6. The summed E-state index contributed by atoms with van der Waals surface area (Å²) < 4.78 is 0. The van der Waals surface area contributed by atoms with Crippen molar-refractivity contribution in [3.05, 3.63) is 41.6 Å². The van der Waals surface area contributed by atoms with Gasteiger partial charge in [-0.25, -0.2) is 14.8 Å². The molecule has 0 saturated carbocycles. The zero-order valence-corrected chi connectivity index (χ0v) is 13.3. The van der Waals surface area contributed by atoms with E-state index in [-0.39, 0.29) is 5.69 Å². The van der Waals surface area contributed by atoms with Crippen LogP contribution < -0.4 is 4.90 Å². The van der Waals surface area contributed by atoms with E-state index in [2.05, 4.69) is 32.9 Å². The molecule has 1 N–H and O–H groups in total. The van der Waals surface area contributed by atoms with E-state index in [9.17, 15) is 9.90 Å². The highest BCUT2D eigenvalue weighted by Crippen LogP contribution is 2.21. The van der Waals surface area contributed by atoms with E-state index in [4.69, 9.17) is 5.26 Å². The minimum Gasteiger partial charge on any atom is -0.477 e. The molecule has 1 fully saturated rings. The van der Waals surface area contributed by atoms with Crippen LogP contribution in [0.4, 0.5) is 5.82 Å². The maximum Gasteiger partial charge on any atom is 0.354 e. The summed E-state index contributed by atoms with van der Waals surface area (Å²) in [5, 5.41) is 18.2. The van der Waals surface area contributed by atoms with E-state index in [0.29, 0.717) is 22.8 Å². The van der Waals surface area contributed by atoms with Crippen molar-refractivity contribution in [2.24, 2.45) is 0 Å². The zero-order valence-electron chi connectivity index (χ0n) is 13.3. The highest BCUT2D eigenvalue weighted by Gasteiger charge is 2.19. The van der Waals surface area contributed by atoms with Crippen LogP contribution in [0.2, 0.25) is 0 Å². The summed E-state index contributed by atoms with van der Waals surface area (Å²) >= 11 is 0. The van der Waals surface area contributed by atoms with Gasteiger partial charge in [-0.1, -0.05) is 0 Å². The van der Waals surface area contributed by atoms with Crippen LogP contribution in [0.5, 0.6) is 0 Å². The van der Waals surface area contributed by atoms with Gasteiger partial charge in [0.25, 0.3) is 0 Å². The van der Waals surface area contributed by atoms with Gasteiger partial charge < -0.3 is 14.9 Å². The van der Waals surface area contributed by atoms with Gasteiger partial charge >= 0.3 is 5.97 Å². The van der Waals surface area contributed by atoms with Gasteiger partial charge in [0, 0.05) is 37.8 Å². The van der Waals surface area contributed by atoms with Crippen LogP contribution >= 0.6 is 0 Å². The number of likely N-dealkylation sites (N-methyl/N-ethyl adjacent to an activating group) is 1. The molecule has 2 heterocycles. The monoisotopic (exact) mass is 323 g/mol. The lowest BCUT2D eigenvalue weighted by atomic mass is 10.1. The molecule has 0 spiro atoms. The molecule has 0 aliphatic carbocycles. The zero-order chi connectivity index (χ0) is 17.1. The molecule has 0 unspecified atom stereocenters. The molecule has 0 amide bonds. The number of nitrogens with zero attached hydrogens (tertiary/aromatic N) is 5. The summed E-state index contributed by atoms with van der Waals surface area (Å²) in [7, 11) is 2.06. The SMILES string of the molecule is CN1CCN(c2cc(C(=O)O)nc(-c3ccc(C#N)cc3)n2)CC1. The fourth-order valence-corrected chi connectivity index (χ4v) is 2.56.